The highest BCUT2D eigenvalue weighted by Gasteiger charge is 2.27. The summed E-state index contributed by atoms with van der Waals surface area (Å²) < 4.78 is 0. The summed E-state index contributed by atoms with van der Waals surface area (Å²) >= 11 is 5.85. The van der Waals surface area contributed by atoms with E-state index >= 15 is 0 Å². The number of nitrogens with one attached hydrogen (secondary N) is 1. The van der Waals surface area contributed by atoms with Crippen LogP contribution in [0.5, 0.6) is 0 Å². The number of aromatic amines is 1. The molecule has 26 heavy (non-hydrogen) atoms. The Hall–Kier alpha value is -2.11. The molecule has 0 spiro atoms. The van der Waals surface area contributed by atoms with Crippen LogP contribution in [0.25, 0.3) is 0 Å². The number of nitrogens with zero attached hydrogens (tertiary/aromatic N) is 2. The summed E-state index contributed by atoms with van der Waals surface area (Å²) in [6.45, 7) is 2.39. The maximum Gasteiger partial charge on any atom is 0.266 e. The molecule has 1 saturated heterocycles. The molecule has 6 heteroatoms. The molecule has 5 nitrogen and oxygen atoms in total. The van der Waals surface area contributed by atoms with Crippen molar-refractivity contribution in [3.8, 4) is 0 Å². The summed E-state index contributed by atoms with van der Waals surface area (Å²) in [5.74, 6) is -0.0793. The maximum atomic E-state index is 12.7. The van der Waals surface area contributed by atoms with Crippen LogP contribution in [0.3, 0.4) is 0 Å². The molecule has 1 atom stereocenters. The van der Waals surface area contributed by atoms with Crippen LogP contribution >= 0.6 is 11.6 Å². The average molecular weight is 374 g/mol. The number of carbonyl (C=O) groups is 1. The number of amides is 1. The van der Waals surface area contributed by atoms with Gasteiger partial charge in [0.15, 0.2) is 0 Å². The fourth-order valence-electron chi connectivity index (χ4n) is 3.39. The first-order chi connectivity index (χ1) is 12.5. The second-order valence-corrected chi connectivity index (χ2v) is 7.24. The number of aromatic nitrogens is 1. The maximum absolute atomic E-state index is 12.7. The second kappa shape index (κ2) is 8.52. The first-order valence-corrected chi connectivity index (χ1v) is 9.34. The molecule has 0 saturated carbocycles. The van der Waals surface area contributed by atoms with E-state index in [1.165, 1.54) is 17.8 Å². The number of hydrogen-bond acceptors (Lipinski definition) is 3. The summed E-state index contributed by atoms with van der Waals surface area (Å²) in [6.07, 6.45) is 4.50. The van der Waals surface area contributed by atoms with Crippen molar-refractivity contribution in [2.24, 2.45) is 0 Å². The van der Waals surface area contributed by atoms with Gasteiger partial charge < -0.3 is 14.8 Å². The Labute approximate surface area is 158 Å². The first-order valence-electron chi connectivity index (χ1n) is 8.96. The Morgan fingerprint density at radius 2 is 2.12 bits per heavy atom. The van der Waals surface area contributed by atoms with Gasteiger partial charge in [0.2, 0.25) is 0 Å². The number of carbonyl (C=O) groups excluding carboxylic acids is 1. The smallest absolute Gasteiger partial charge is 0.266 e. The molecule has 1 aromatic heterocycles. The Kier molecular flexibility index (Phi) is 6.12. The number of benzene rings is 1. The molecular formula is C20H24ClN3O2. The van der Waals surface area contributed by atoms with E-state index in [-0.39, 0.29) is 16.5 Å². The SMILES string of the molecule is CN(CCc1ccccc1)C1CCCN(C(=O)c2c[nH]c(=O)c(Cl)c2)C1. The lowest BCUT2D eigenvalue weighted by atomic mass is 10.0. The fraction of sp³-hybridized carbons (Fsp3) is 0.400. The van der Waals surface area contributed by atoms with E-state index in [0.29, 0.717) is 18.2 Å². The van der Waals surface area contributed by atoms with E-state index < -0.39 is 0 Å². The van der Waals surface area contributed by atoms with Gasteiger partial charge in [0.1, 0.15) is 5.02 Å². The zero-order chi connectivity index (χ0) is 18.5. The van der Waals surface area contributed by atoms with E-state index in [1.54, 1.807) is 0 Å². The Balaban J connectivity index is 1.60. The first kappa shape index (κ1) is 18.7. The second-order valence-electron chi connectivity index (χ2n) is 6.83. The molecule has 2 aromatic rings. The van der Waals surface area contributed by atoms with Crippen LogP contribution in [0.15, 0.2) is 47.4 Å². The van der Waals surface area contributed by atoms with Crippen molar-refractivity contribution in [3.63, 3.8) is 0 Å². The zero-order valence-electron chi connectivity index (χ0n) is 15.0. The molecule has 1 unspecified atom stereocenters. The van der Waals surface area contributed by atoms with Crippen molar-refractivity contribution in [1.82, 2.24) is 14.8 Å². The van der Waals surface area contributed by atoms with Crippen LogP contribution < -0.4 is 5.56 Å². The van der Waals surface area contributed by atoms with Crippen molar-refractivity contribution in [3.05, 3.63) is 69.1 Å². The largest absolute Gasteiger partial charge is 0.337 e. The monoisotopic (exact) mass is 373 g/mol. The third-order valence-electron chi connectivity index (χ3n) is 5.01. The van der Waals surface area contributed by atoms with Gasteiger partial charge in [0.05, 0.1) is 5.56 Å². The van der Waals surface area contributed by atoms with Gasteiger partial charge in [0, 0.05) is 31.9 Å². The summed E-state index contributed by atoms with van der Waals surface area (Å²) in [6, 6.07) is 12.2. The minimum atomic E-state index is -0.375. The lowest BCUT2D eigenvalue weighted by Crippen LogP contribution is -2.49. The summed E-state index contributed by atoms with van der Waals surface area (Å²) in [5.41, 5.74) is 1.38. The molecule has 2 heterocycles. The van der Waals surface area contributed by atoms with Gasteiger partial charge >= 0.3 is 0 Å². The molecule has 0 bridgehead atoms. The van der Waals surface area contributed by atoms with Crippen molar-refractivity contribution in [2.75, 3.05) is 26.7 Å². The molecule has 0 radical (unpaired) electrons. The van der Waals surface area contributed by atoms with Gasteiger partial charge in [-0.1, -0.05) is 41.9 Å². The number of likely N-dealkylation sites (N-methyl/N-ethyl adjacent to an activating group) is 1. The number of piperidine rings is 1. The van der Waals surface area contributed by atoms with Crippen LogP contribution in [-0.4, -0.2) is 53.4 Å². The van der Waals surface area contributed by atoms with Gasteiger partial charge in [-0.05, 0) is 37.9 Å². The summed E-state index contributed by atoms with van der Waals surface area (Å²) in [7, 11) is 2.12. The number of pyridine rings is 1. The Morgan fingerprint density at radius 3 is 2.85 bits per heavy atom. The number of H-pyrrole nitrogens is 1. The van der Waals surface area contributed by atoms with Crippen molar-refractivity contribution >= 4 is 17.5 Å². The van der Waals surface area contributed by atoms with Crippen molar-refractivity contribution in [1.29, 1.82) is 0 Å². The predicted molar refractivity (Wildman–Crippen MR) is 104 cm³/mol. The minimum Gasteiger partial charge on any atom is -0.337 e. The van der Waals surface area contributed by atoms with Gasteiger partial charge in [0.25, 0.3) is 11.5 Å². The average Bonchev–Trinajstić information content (AvgIpc) is 2.68. The van der Waals surface area contributed by atoms with Crippen molar-refractivity contribution < 1.29 is 4.79 Å². The van der Waals surface area contributed by atoms with E-state index in [2.05, 4.69) is 41.2 Å². The lowest BCUT2D eigenvalue weighted by molar-refractivity contribution is 0.0611. The third-order valence-corrected chi connectivity index (χ3v) is 5.29. The van der Waals surface area contributed by atoms with E-state index in [1.807, 2.05) is 11.0 Å². The predicted octanol–water partition coefficient (Wildman–Crippen LogP) is 2.81. The molecule has 1 N–H and O–H groups in total. The van der Waals surface area contributed by atoms with Gasteiger partial charge in [-0.3, -0.25) is 9.59 Å². The van der Waals surface area contributed by atoms with Crippen molar-refractivity contribution in [2.45, 2.75) is 25.3 Å². The molecule has 138 valence electrons. The van der Waals surface area contributed by atoms with Crippen LogP contribution in [0, 0.1) is 0 Å². The topological polar surface area (TPSA) is 56.4 Å². The van der Waals surface area contributed by atoms with Crippen LogP contribution in [0.2, 0.25) is 5.02 Å². The number of halogens is 1. The van der Waals surface area contributed by atoms with Crippen LogP contribution in [0.4, 0.5) is 0 Å². The zero-order valence-corrected chi connectivity index (χ0v) is 15.7. The highest BCUT2D eigenvalue weighted by Crippen LogP contribution is 2.18. The lowest BCUT2D eigenvalue weighted by Gasteiger charge is -2.37. The third kappa shape index (κ3) is 4.54. The minimum absolute atomic E-state index is 0.0457. The van der Waals surface area contributed by atoms with E-state index in [9.17, 15) is 9.59 Å². The highest BCUT2D eigenvalue weighted by atomic mass is 35.5. The van der Waals surface area contributed by atoms with E-state index in [0.717, 1.165) is 32.4 Å². The summed E-state index contributed by atoms with van der Waals surface area (Å²) in [4.78, 5) is 30.8. The molecule has 0 aliphatic carbocycles. The Morgan fingerprint density at radius 1 is 1.35 bits per heavy atom. The number of likely N-dealkylation sites (tertiary alicyclic amines) is 1. The number of rotatable bonds is 5. The number of hydrogen-bond donors (Lipinski definition) is 1. The molecule has 1 aromatic carbocycles. The molecule has 3 rings (SSSR count). The molecular weight excluding hydrogens is 350 g/mol. The van der Waals surface area contributed by atoms with Gasteiger partial charge in [-0.25, -0.2) is 0 Å². The summed E-state index contributed by atoms with van der Waals surface area (Å²) in [5, 5.41) is 0.0457. The molecule has 1 fully saturated rings. The quantitative estimate of drug-likeness (QED) is 0.876. The standard InChI is InChI=1S/C20H24ClN3O2/c1-23(11-9-15-6-3-2-4-7-15)17-8-5-10-24(14-17)20(26)16-12-18(21)19(25)22-13-16/h2-4,6-7,12-13,17H,5,8-11,14H2,1H3,(H,22,25). The van der Waals surface area contributed by atoms with Gasteiger partial charge in [-0.15, -0.1) is 0 Å². The van der Waals surface area contributed by atoms with Gasteiger partial charge in [-0.2, -0.15) is 0 Å². The molecule has 1 aliphatic rings. The molecule has 1 aliphatic heterocycles. The molecule has 1 amide bonds. The Bertz CT molecular complexity index is 806. The highest BCUT2D eigenvalue weighted by molar-refractivity contribution is 6.30. The normalized spacial score (nSPS) is 17.5. The van der Waals surface area contributed by atoms with Crippen LogP contribution in [0.1, 0.15) is 28.8 Å². The fourth-order valence-corrected chi connectivity index (χ4v) is 3.57. The van der Waals surface area contributed by atoms with E-state index in [4.69, 9.17) is 11.6 Å². The van der Waals surface area contributed by atoms with Crippen LogP contribution in [-0.2, 0) is 6.42 Å².